The van der Waals surface area contributed by atoms with Crippen LogP contribution in [0.3, 0.4) is 0 Å². The van der Waals surface area contributed by atoms with Gasteiger partial charge >= 0.3 is 0 Å². The summed E-state index contributed by atoms with van der Waals surface area (Å²) in [6.45, 7) is 0.372. The second-order valence-electron chi connectivity index (χ2n) is 2.51. The monoisotopic (exact) mass is 176 g/mol. The molecule has 0 bridgehead atoms. The maximum atomic E-state index is 5.36. The van der Waals surface area contributed by atoms with Gasteiger partial charge in [-0.1, -0.05) is 24.1 Å². The van der Waals surface area contributed by atoms with Crippen LogP contribution in [0.5, 0.6) is 5.75 Å². The van der Waals surface area contributed by atoms with E-state index in [2.05, 4.69) is 11.3 Å². The van der Waals surface area contributed by atoms with Crippen molar-refractivity contribution in [3.8, 4) is 18.1 Å². The lowest BCUT2D eigenvalue weighted by Crippen LogP contribution is -2.38. The van der Waals surface area contributed by atoms with Crippen LogP contribution in [0.4, 0.5) is 0 Å². The number of nitrogens with two attached hydrogens (primary N) is 1. The van der Waals surface area contributed by atoms with Crippen molar-refractivity contribution in [3.05, 3.63) is 30.3 Å². The molecule has 0 aromatic heterocycles. The lowest BCUT2D eigenvalue weighted by atomic mass is 10.3. The van der Waals surface area contributed by atoms with Gasteiger partial charge in [-0.15, -0.1) is 6.42 Å². The van der Waals surface area contributed by atoms with E-state index in [4.69, 9.17) is 17.0 Å². The van der Waals surface area contributed by atoms with Crippen LogP contribution in [0.25, 0.3) is 0 Å². The zero-order valence-corrected chi connectivity index (χ0v) is 7.23. The quantitative estimate of drug-likeness (QED) is 0.399. The first-order valence-corrected chi connectivity index (χ1v) is 3.97. The molecule has 68 valence electrons. The van der Waals surface area contributed by atoms with Gasteiger partial charge in [0, 0.05) is 0 Å². The van der Waals surface area contributed by atoms with Crippen molar-refractivity contribution in [1.82, 2.24) is 5.43 Å². The predicted octanol–water partition coefficient (Wildman–Crippen LogP) is 0.530. The number of hydrogen-bond donors (Lipinski definition) is 2. The Kier molecular flexibility index (Phi) is 3.83. The van der Waals surface area contributed by atoms with E-state index < -0.39 is 0 Å². The van der Waals surface area contributed by atoms with Gasteiger partial charge < -0.3 is 4.74 Å². The molecule has 13 heavy (non-hydrogen) atoms. The second kappa shape index (κ2) is 5.20. The maximum absolute atomic E-state index is 5.36. The molecule has 0 saturated heterocycles. The minimum Gasteiger partial charge on any atom is -0.491 e. The van der Waals surface area contributed by atoms with Crippen LogP contribution in [0.2, 0.25) is 0 Å². The molecular weight excluding hydrogens is 164 g/mol. The molecule has 0 amide bonds. The summed E-state index contributed by atoms with van der Waals surface area (Å²) in [5.41, 5.74) is 2.46. The van der Waals surface area contributed by atoms with Gasteiger partial charge in [0.1, 0.15) is 18.4 Å². The molecule has 0 radical (unpaired) electrons. The number of benzene rings is 1. The molecule has 1 unspecified atom stereocenters. The van der Waals surface area contributed by atoms with E-state index in [0.717, 1.165) is 5.75 Å². The molecular formula is C10H12N2O. The summed E-state index contributed by atoms with van der Waals surface area (Å²) in [7, 11) is 0. The van der Waals surface area contributed by atoms with E-state index in [1.807, 2.05) is 30.3 Å². The van der Waals surface area contributed by atoms with Crippen LogP contribution in [0, 0.1) is 12.3 Å². The Morgan fingerprint density at radius 2 is 2.15 bits per heavy atom. The Balaban J connectivity index is 2.40. The molecule has 1 atom stereocenters. The van der Waals surface area contributed by atoms with E-state index in [-0.39, 0.29) is 6.04 Å². The lowest BCUT2D eigenvalue weighted by Gasteiger charge is -2.10. The normalized spacial score (nSPS) is 11.7. The van der Waals surface area contributed by atoms with Gasteiger partial charge in [0.05, 0.1) is 0 Å². The summed E-state index contributed by atoms with van der Waals surface area (Å²) >= 11 is 0. The van der Waals surface area contributed by atoms with Crippen molar-refractivity contribution in [3.63, 3.8) is 0 Å². The molecule has 1 aromatic carbocycles. The Hall–Kier alpha value is -1.50. The highest BCUT2D eigenvalue weighted by molar-refractivity contribution is 5.21. The molecule has 3 nitrogen and oxygen atoms in total. The van der Waals surface area contributed by atoms with Crippen LogP contribution < -0.4 is 16.0 Å². The fraction of sp³-hybridized carbons (Fsp3) is 0.200. The second-order valence-corrected chi connectivity index (χ2v) is 2.51. The van der Waals surface area contributed by atoms with E-state index in [9.17, 15) is 0 Å². The fourth-order valence-electron chi connectivity index (χ4n) is 0.841. The Bertz CT molecular complexity index is 279. The van der Waals surface area contributed by atoms with Crippen molar-refractivity contribution >= 4 is 0 Å². The molecule has 3 N–H and O–H groups in total. The molecule has 0 aliphatic heterocycles. The summed E-state index contributed by atoms with van der Waals surface area (Å²) in [6, 6.07) is 9.20. The number of hydrogen-bond acceptors (Lipinski definition) is 3. The largest absolute Gasteiger partial charge is 0.491 e. The summed E-state index contributed by atoms with van der Waals surface area (Å²) in [5, 5.41) is 0. The third-order valence-electron chi connectivity index (χ3n) is 1.56. The third kappa shape index (κ3) is 3.16. The summed E-state index contributed by atoms with van der Waals surface area (Å²) < 4.78 is 5.36. The molecule has 0 heterocycles. The van der Waals surface area contributed by atoms with Crippen LogP contribution in [0.1, 0.15) is 0 Å². The number of hydrazine groups is 1. The molecule has 0 aliphatic carbocycles. The first-order chi connectivity index (χ1) is 6.36. The minimum absolute atomic E-state index is 0.250. The molecule has 0 saturated carbocycles. The van der Waals surface area contributed by atoms with Gasteiger partial charge in [0.15, 0.2) is 0 Å². The molecule has 0 spiro atoms. The van der Waals surface area contributed by atoms with Crippen LogP contribution in [0.15, 0.2) is 30.3 Å². The number of terminal acetylenes is 1. The zero-order valence-electron chi connectivity index (χ0n) is 7.23. The van der Waals surface area contributed by atoms with Crippen molar-refractivity contribution < 1.29 is 4.74 Å². The Labute approximate surface area is 77.9 Å². The molecule has 1 rings (SSSR count). The highest BCUT2D eigenvalue weighted by atomic mass is 16.5. The molecule has 0 aliphatic rings. The van der Waals surface area contributed by atoms with Gasteiger partial charge in [-0.3, -0.25) is 5.84 Å². The summed E-state index contributed by atoms with van der Waals surface area (Å²) in [4.78, 5) is 0. The Morgan fingerprint density at radius 1 is 1.46 bits per heavy atom. The number of ether oxygens (including phenoxy) is 1. The SMILES string of the molecule is C#CC(COc1ccccc1)NN. The topological polar surface area (TPSA) is 47.3 Å². The van der Waals surface area contributed by atoms with Crippen molar-refractivity contribution in [2.75, 3.05) is 6.61 Å². The van der Waals surface area contributed by atoms with Gasteiger partial charge in [-0.25, -0.2) is 5.43 Å². The van der Waals surface area contributed by atoms with Gasteiger partial charge in [-0.2, -0.15) is 0 Å². The predicted molar refractivity (Wildman–Crippen MR) is 51.9 cm³/mol. The van der Waals surface area contributed by atoms with Gasteiger partial charge in [0.2, 0.25) is 0 Å². The highest BCUT2D eigenvalue weighted by Gasteiger charge is 2.01. The highest BCUT2D eigenvalue weighted by Crippen LogP contribution is 2.07. The molecule has 1 aromatic rings. The van der Waals surface area contributed by atoms with Gasteiger partial charge in [0.25, 0.3) is 0 Å². The molecule has 0 fully saturated rings. The molecule has 3 heteroatoms. The van der Waals surface area contributed by atoms with Crippen LogP contribution >= 0.6 is 0 Å². The third-order valence-corrected chi connectivity index (χ3v) is 1.56. The maximum Gasteiger partial charge on any atom is 0.119 e. The smallest absolute Gasteiger partial charge is 0.119 e. The number of para-hydroxylation sites is 1. The minimum atomic E-state index is -0.250. The van der Waals surface area contributed by atoms with Crippen molar-refractivity contribution in [2.24, 2.45) is 5.84 Å². The van der Waals surface area contributed by atoms with Gasteiger partial charge in [-0.05, 0) is 12.1 Å². The lowest BCUT2D eigenvalue weighted by molar-refractivity contribution is 0.291. The van der Waals surface area contributed by atoms with Crippen LogP contribution in [-0.4, -0.2) is 12.6 Å². The van der Waals surface area contributed by atoms with Crippen molar-refractivity contribution in [2.45, 2.75) is 6.04 Å². The van der Waals surface area contributed by atoms with E-state index in [1.54, 1.807) is 0 Å². The van der Waals surface area contributed by atoms with Crippen molar-refractivity contribution in [1.29, 1.82) is 0 Å². The fourth-order valence-corrected chi connectivity index (χ4v) is 0.841. The zero-order chi connectivity index (χ0) is 9.52. The van der Waals surface area contributed by atoms with E-state index in [1.165, 1.54) is 0 Å². The van der Waals surface area contributed by atoms with E-state index in [0.29, 0.717) is 6.61 Å². The summed E-state index contributed by atoms with van der Waals surface area (Å²) in [5.74, 6) is 8.43. The Morgan fingerprint density at radius 3 is 2.69 bits per heavy atom. The van der Waals surface area contributed by atoms with E-state index >= 15 is 0 Å². The number of nitrogens with one attached hydrogen (secondary N) is 1. The average Bonchev–Trinajstić information content (AvgIpc) is 2.21. The summed E-state index contributed by atoms with van der Waals surface area (Å²) in [6.07, 6.45) is 5.17. The van der Waals surface area contributed by atoms with Crippen LogP contribution in [-0.2, 0) is 0 Å². The first kappa shape index (κ1) is 9.59. The first-order valence-electron chi connectivity index (χ1n) is 3.97. The number of rotatable bonds is 4. The standard InChI is InChI=1S/C10H12N2O/c1-2-9(12-11)8-13-10-6-4-3-5-7-10/h1,3-7,9,12H,8,11H2. The average molecular weight is 176 g/mol.